The summed E-state index contributed by atoms with van der Waals surface area (Å²) in [6.07, 6.45) is 0.607. The summed E-state index contributed by atoms with van der Waals surface area (Å²) in [5.74, 6) is 1.56. The highest BCUT2D eigenvalue weighted by molar-refractivity contribution is 9.10. The van der Waals surface area contributed by atoms with E-state index in [1.807, 2.05) is 42.5 Å². The molecule has 26 heavy (non-hydrogen) atoms. The van der Waals surface area contributed by atoms with Crippen molar-refractivity contribution in [3.05, 3.63) is 75.2 Å². The number of nitrogens with zero attached hydrogens (tertiary/aromatic N) is 6. The summed E-state index contributed by atoms with van der Waals surface area (Å²) in [7, 11) is 0. The summed E-state index contributed by atoms with van der Waals surface area (Å²) < 4.78 is 8.00. The van der Waals surface area contributed by atoms with Crippen LogP contribution in [0.3, 0.4) is 0 Å². The molecule has 0 aliphatic carbocycles. The molecule has 2 heterocycles. The van der Waals surface area contributed by atoms with E-state index in [0.717, 1.165) is 15.9 Å². The van der Waals surface area contributed by atoms with Crippen molar-refractivity contribution in [2.75, 3.05) is 0 Å². The summed E-state index contributed by atoms with van der Waals surface area (Å²) in [5, 5.41) is 16.4. The molecule has 0 aliphatic heterocycles. The Morgan fingerprint density at radius 1 is 1.08 bits per heavy atom. The molecule has 0 saturated heterocycles. The van der Waals surface area contributed by atoms with Gasteiger partial charge < -0.3 is 4.52 Å². The number of hydrogen-bond donors (Lipinski definition) is 0. The highest BCUT2D eigenvalue weighted by atomic mass is 79.9. The van der Waals surface area contributed by atoms with Crippen LogP contribution >= 0.6 is 27.5 Å². The molecule has 0 amide bonds. The van der Waals surface area contributed by atoms with Gasteiger partial charge in [-0.15, -0.1) is 5.10 Å². The summed E-state index contributed by atoms with van der Waals surface area (Å²) >= 11 is 9.60. The molecule has 2 aromatic carbocycles. The number of aromatic nitrogens is 6. The van der Waals surface area contributed by atoms with Crippen LogP contribution in [0, 0.1) is 0 Å². The average Bonchev–Trinajstić information content (AvgIpc) is 3.28. The fourth-order valence-electron chi connectivity index (χ4n) is 2.45. The van der Waals surface area contributed by atoms with E-state index in [2.05, 4.69) is 41.6 Å². The molecular formula is C17H12BrClN6O. The van der Waals surface area contributed by atoms with Gasteiger partial charge in [0, 0.05) is 10.9 Å². The van der Waals surface area contributed by atoms with Crippen LogP contribution in [0.25, 0.3) is 11.5 Å². The molecule has 4 rings (SSSR count). The van der Waals surface area contributed by atoms with Gasteiger partial charge in [0.25, 0.3) is 5.89 Å². The monoisotopic (exact) mass is 430 g/mol. The number of halogens is 2. The van der Waals surface area contributed by atoms with Crippen molar-refractivity contribution in [3.8, 4) is 11.5 Å². The fraction of sp³-hybridized carbons (Fsp3) is 0.118. The minimum atomic E-state index is 0.312. The highest BCUT2D eigenvalue weighted by Gasteiger charge is 2.14. The van der Waals surface area contributed by atoms with Crippen molar-refractivity contribution in [3.63, 3.8) is 0 Å². The van der Waals surface area contributed by atoms with Crippen LogP contribution in [0.2, 0.25) is 5.02 Å². The first-order chi connectivity index (χ1) is 12.7. The molecule has 2 aromatic heterocycles. The predicted octanol–water partition coefficient (Wildman–Crippen LogP) is 3.78. The fourth-order valence-corrected chi connectivity index (χ4v) is 2.93. The van der Waals surface area contributed by atoms with E-state index < -0.39 is 0 Å². The second-order valence-corrected chi connectivity index (χ2v) is 6.87. The van der Waals surface area contributed by atoms with Gasteiger partial charge in [0.1, 0.15) is 6.54 Å². The number of rotatable bonds is 5. The normalized spacial score (nSPS) is 11.0. The molecule has 4 aromatic rings. The lowest BCUT2D eigenvalue weighted by Gasteiger charge is -2.02. The molecule has 0 atom stereocenters. The van der Waals surface area contributed by atoms with E-state index in [9.17, 15) is 0 Å². The predicted molar refractivity (Wildman–Crippen MR) is 98.6 cm³/mol. The molecule has 130 valence electrons. The quantitative estimate of drug-likeness (QED) is 0.478. The van der Waals surface area contributed by atoms with Crippen LogP contribution in [0.5, 0.6) is 0 Å². The summed E-state index contributed by atoms with van der Waals surface area (Å²) in [4.78, 5) is 4.39. The molecule has 0 saturated carbocycles. The van der Waals surface area contributed by atoms with Gasteiger partial charge in [0.05, 0.1) is 10.6 Å². The third kappa shape index (κ3) is 3.66. The number of hydrogen-bond acceptors (Lipinski definition) is 6. The van der Waals surface area contributed by atoms with Crippen molar-refractivity contribution < 1.29 is 4.52 Å². The first-order valence-electron chi connectivity index (χ1n) is 7.76. The van der Waals surface area contributed by atoms with E-state index in [4.69, 9.17) is 16.1 Å². The minimum absolute atomic E-state index is 0.312. The Morgan fingerprint density at radius 2 is 1.88 bits per heavy atom. The standard InChI is InChI=1S/C17H12BrClN6O/c18-12-7-5-11(6-8-12)9-16-21-23-24-25(16)10-15-20-17(26-22-15)13-3-1-2-4-14(13)19/h1-8H,9-10H2. The Kier molecular flexibility index (Phi) is 4.77. The van der Waals surface area contributed by atoms with Crippen molar-refractivity contribution in [1.82, 2.24) is 30.3 Å². The van der Waals surface area contributed by atoms with Gasteiger partial charge in [-0.2, -0.15) is 4.98 Å². The molecule has 0 aliphatic rings. The van der Waals surface area contributed by atoms with Crippen LogP contribution in [0.4, 0.5) is 0 Å². The maximum absolute atomic E-state index is 6.17. The minimum Gasteiger partial charge on any atom is -0.334 e. The summed E-state index contributed by atoms with van der Waals surface area (Å²) in [5.41, 5.74) is 1.80. The number of benzene rings is 2. The highest BCUT2D eigenvalue weighted by Crippen LogP contribution is 2.25. The van der Waals surface area contributed by atoms with Gasteiger partial charge in [0.2, 0.25) is 0 Å². The van der Waals surface area contributed by atoms with Crippen LogP contribution in [0.15, 0.2) is 57.5 Å². The van der Waals surface area contributed by atoms with E-state index in [0.29, 0.717) is 35.3 Å². The van der Waals surface area contributed by atoms with Crippen LogP contribution in [-0.4, -0.2) is 30.3 Å². The van der Waals surface area contributed by atoms with E-state index >= 15 is 0 Å². The average molecular weight is 432 g/mol. The van der Waals surface area contributed by atoms with Gasteiger partial charge in [-0.3, -0.25) is 0 Å². The molecule has 7 nitrogen and oxygen atoms in total. The molecule has 0 unspecified atom stereocenters. The molecule has 9 heteroatoms. The molecule has 0 radical (unpaired) electrons. The first-order valence-corrected chi connectivity index (χ1v) is 8.93. The maximum Gasteiger partial charge on any atom is 0.259 e. The van der Waals surface area contributed by atoms with Crippen molar-refractivity contribution in [2.45, 2.75) is 13.0 Å². The molecular weight excluding hydrogens is 420 g/mol. The lowest BCUT2D eigenvalue weighted by atomic mass is 10.1. The Bertz CT molecular complexity index is 1030. The van der Waals surface area contributed by atoms with Crippen molar-refractivity contribution in [2.24, 2.45) is 0 Å². The zero-order chi connectivity index (χ0) is 17.9. The van der Waals surface area contributed by atoms with Gasteiger partial charge in [0.15, 0.2) is 11.6 Å². The van der Waals surface area contributed by atoms with Crippen LogP contribution < -0.4 is 0 Å². The molecule has 0 spiro atoms. The van der Waals surface area contributed by atoms with Crippen molar-refractivity contribution in [1.29, 1.82) is 0 Å². The SMILES string of the molecule is Clc1ccccc1-c1nc(Cn2nnnc2Cc2ccc(Br)cc2)no1. The molecule has 0 N–H and O–H groups in total. The first kappa shape index (κ1) is 16.9. The maximum atomic E-state index is 6.17. The molecule has 0 bridgehead atoms. The third-order valence-corrected chi connectivity index (χ3v) is 4.60. The Labute approximate surface area is 162 Å². The van der Waals surface area contributed by atoms with Gasteiger partial charge in [-0.05, 0) is 40.3 Å². The second kappa shape index (κ2) is 7.35. The Hall–Kier alpha value is -2.58. The zero-order valence-corrected chi connectivity index (χ0v) is 15.7. The smallest absolute Gasteiger partial charge is 0.259 e. The zero-order valence-electron chi connectivity index (χ0n) is 13.4. The summed E-state index contributed by atoms with van der Waals surface area (Å²) in [6, 6.07) is 15.3. The van der Waals surface area contributed by atoms with Gasteiger partial charge >= 0.3 is 0 Å². The Morgan fingerprint density at radius 3 is 2.69 bits per heavy atom. The summed E-state index contributed by atoms with van der Waals surface area (Å²) in [6.45, 7) is 0.312. The largest absolute Gasteiger partial charge is 0.334 e. The lowest BCUT2D eigenvalue weighted by molar-refractivity contribution is 0.417. The van der Waals surface area contributed by atoms with E-state index in [-0.39, 0.29) is 0 Å². The lowest BCUT2D eigenvalue weighted by Crippen LogP contribution is -2.09. The van der Waals surface area contributed by atoms with Crippen LogP contribution in [-0.2, 0) is 13.0 Å². The molecule has 0 fully saturated rings. The Balaban J connectivity index is 1.53. The second-order valence-electron chi connectivity index (χ2n) is 5.55. The van der Waals surface area contributed by atoms with E-state index in [1.54, 1.807) is 10.7 Å². The van der Waals surface area contributed by atoms with Crippen LogP contribution in [0.1, 0.15) is 17.2 Å². The van der Waals surface area contributed by atoms with E-state index in [1.165, 1.54) is 0 Å². The van der Waals surface area contributed by atoms with Gasteiger partial charge in [-0.1, -0.05) is 57.0 Å². The topological polar surface area (TPSA) is 82.5 Å². The number of tetrazole rings is 1. The van der Waals surface area contributed by atoms with Crippen molar-refractivity contribution >= 4 is 27.5 Å². The third-order valence-electron chi connectivity index (χ3n) is 3.75. The van der Waals surface area contributed by atoms with Gasteiger partial charge in [-0.25, -0.2) is 4.68 Å².